The Morgan fingerprint density at radius 2 is 1.84 bits per heavy atom. The molecule has 2 aromatic rings. The van der Waals surface area contributed by atoms with Gasteiger partial charge >= 0.3 is 0 Å². The minimum absolute atomic E-state index is 0.0185. The van der Waals surface area contributed by atoms with Gasteiger partial charge in [-0.1, -0.05) is 13.0 Å². The molecule has 1 amide bonds. The van der Waals surface area contributed by atoms with Gasteiger partial charge in [0.15, 0.2) is 11.5 Å². The number of hydrogen-bond donors (Lipinski definition) is 2. The van der Waals surface area contributed by atoms with Crippen LogP contribution in [0.15, 0.2) is 48.5 Å². The van der Waals surface area contributed by atoms with Crippen LogP contribution in [0, 0.1) is 10.1 Å². The van der Waals surface area contributed by atoms with E-state index < -0.39 is 4.92 Å². The summed E-state index contributed by atoms with van der Waals surface area (Å²) in [4.78, 5) is 22.4. The van der Waals surface area contributed by atoms with Crippen molar-refractivity contribution in [1.82, 2.24) is 10.6 Å². The fraction of sp³-hybridized carbons (Fsp3) is 0.348. The molecule has 31 heavy (non-hydrogen) atoms. The second-order valence-corrected chi connectivity index (χ2v) is 6.90. The summed E-state index contributed by atoms with van der Waals surface area (Å²) in [7, 11) is 3.23. The number of nitrogens with zero attached hydrogens (tertiary/aromatic N) is 1. The van der Waals surface area contributed by atoms with Gasteiger partial charge in [-0.25, -0.2) is 0 Å². The molecular formula is C23H29N3O5. The van der Waals surface area contributed by atoms with E-state index in [9.17, 15) is 14.9 Å². The molecule has 2 rings (SSSR count). The van der Waals surface area contributed by atoms with E-state index in [4.69, 9.17) is 9.47 Å². The number of nitrogens with one attached hydrogen (secondary N) is 2. The zero-order valence-corrected chi connectivity index (χ0v) is 18.1. The lowest BCUT2D eigenvalue weighted by Crippen LogP contribution is -2.44. The zero-order valence-electron chi connectivity index (χ0n) is 18.1. The molecule has 0 aromatic heterocycles. The maximum atomic E-state index is 12.2. The fourth-order valence-corrected chi connectivity index (χ4v) is 3.00. The third kappa shape index (κ3) is 7.75. The highest BCUT2D eigenvalue weighted by atomic mass is 16.6. The topological polar surface area (TPSA) is 103 Å². The number of carbonyl (C=O) groups is 1. The number of nitro benzene ring substituents is 1. The first-order valence-electron chi connectivity index (χ1n) is 10.1. The Bertz CT molecular complexity index is 897. The van der Waals surface area contributed by atoms with E-state index in [1.807, 2.05) is 25.1 Å². The van der Waals surface area contributed by atoms with E-state index in [0.717, 1.165) is 36.9 Å². The predicted molar refractivity (Wildman–Crippen MR) is 120 cm³/mol. The number of methoxy groups -OCH3 is 2. The van der Waals surface area contributed by atoms with Gasteiger partial charge in [0.25, 0.3) is 5.69 Å². The van der Waals surface area contributed by atoms with Crippen LogP contribution in [0.3, 0.4) is 0 Å². The van der Waals surface area contributed by atoms with Crippen LogP contribution in [0.4, 0.5) is 5.69 Å². The molecule has 8 heteroatoms. The third-order valence-corrected chi connectivity index (χ3v) is 4.74. The van der Waals surface area contributed by atoms with Crippen molar-refractivity contribution < 1.29 is 19.2 Å². The number of benzene rings is 2. The van der Waals surface area contributed by atoms with Crippen LogP contribution >= 0.6 is 0 Å². The summed E-state index contributed by atoms with van der Waals surface area (Å²) in [5.74, 6) is 1.20. The second-order valence-electron chi connectivity index (χ2n) is 6.90. The fourth-order valence-electron chi connectivity index (χ4n) is 3.00. The van der Waals surface area contributed by atoms with Crippen LogP contribution in [0.1, 0.15) is 30.9 Å². The number of ether oxygens (including phenoxy) is 2. The molecule has 166 valence electrons. The highest BCUT2D eigenvalue weighted by molar-refractivity contribution is 5.91. The van der Waals surface area contributed by atoms with Crippen LogP contribution in [-0.4, -0.2) is 37.8 Å². The molecule has 0 aliphatic heterocycles. The van der Waals surface area contributed by atoms with Gasteiger partial charge < -0.3 is 14.8 Å². The summed E-state index contributed by atoms with van der Waals surface area (Å²) in [6.07, 6.45) is 5.43. The summed E-state index contributed by atoms with van der Waals surface area (Å²) in [5.41, 5.74) is 1.89. The first-order chi connectivity index (χ1) is 15.0. The number of carbonyl (C=O) groups excluding carboxylic acids is 1. The molecule has 0 fully saturated rings. The van der Waals surface area contributed by atoms with E-state index in [0.29, 0.717) is 11.5 Å². The molecule has 0 radical (unpaired) electrons. The minimum Gasteiger partial charge on any atom is -0.493 e. The van der Waals surface area contributed by atoms with Crippen molar-refractivity contribution in [2.45, 2.75) is 32.4 Å². The average molecular weight is 428 g/mol. The first kappa shape index (κ1) is 23.9. The summed E-state index contributed by atoms with van der Waals surface area (Å²) in [6.45, 7) is 2.74. The first-order valence-corrected chi connectivity index (χ1v) is 10.1. The largest absolute Gasteiger partial charge is 0.493 e. The van der Waals surface area contributed by atoms with Crippen LogP contribution in [0.5, 0.6) is 11.5 Å². The highest BCUT2D eigenvalue weighted by Crippen LogP contribution is 2.27. The Labute approximate surface area is 182 Å². The Morgan fingerprint density at radius 1 is 1.13 bits per heavy atom. The maximum Gasteiger partial charge on any atom is 0.269 e. The van der Waals surface area contributed by atoms with Crippen LogP contribution in [-0.2, 0) is 11.2 Å². The van der Waals surface area contributed by atoms with Crippen molar-refractivity contribution in [3.05, 3.63) is 69.8 Å². The van der Waals surface area contributed by atoms with E-state index in [2.05, 4.69) is 10.6 Å². The molecule has 0 saturated heterocycles. The Kier molecular flexibility index (Phi) is 9.51. The monoisotopic (exact) mass is 427 g/mol. The SMILES string of the molecule is CCC(NCCCc1ccc(OC)c(OC)c1)NC(=O)/C=C/c1ccc([N+](=O)[O-])cc1. The molecule has 0 heterocycles. The number of non-ortho nitro benzene ring substituents is 1. The van der Waals surface area contributed by atoms with Crippen molar-refractivity contribution >= 4 is 17.7 Å². The molecule has 2 N–H and O–H groups in total. The van der Waals surface area contributed by atoms with Gasteiger partial charge in [-0.3, -0.25) is 20.2 Å². The summed E-state index contributed by atoms with van der Waals surface area (Å²) < 4.78 is 10.6. The Balaban J connectivity index is 1.77. The second kappa shape index (κ2) is 12.3. The van der Waals surface area contributed by atoms with Gasteiger partial charge in [0.05, 0.1) is 25.3 Å². The Hall–Kier alpha value is -3.39. The Morgan fingerprint density at radius 3 is 2.45 bits per heavy atom. The number of aryl methyl sites for hydroxylation is 1. The van der Waals surface area contributed by atoms with Crippen LogP contribution in [0.2, 0.25) is 0 Å². The standard InChI is InChI=1S/C23H29N3O5/c1-4-22(24-15-5-6-18-9-13-20(30-2)21(16-18)31-3)25-23(27)14-10-17-7-11-19(12-8-17)26(28)29/h7-14,16,22,24H,4-6,15H2,1-3H3,(H,25,27)/b14-10+. The smallest absolute Gasteiger partial charge is 0.269 e. The molecule has 0 bridgehead atoms. The molecule has 0 aliphatic rings. The molecule has 2 aromatic carbocycles. The minimum atomic E-state index is -0.455. The predicted octanol–water partition coefficient (Wildman–Crippen LogP) is 3.70. The average Bonchev–Trinajstić information content (AvgIpc) is 2.79. The number of hydrogen-bond acceptors (Lipinski definition) is 6. The molecule has 0 saturated carbocycles. The normalized spacial score (nSPS) is 11.8. The molecule has 1 unspecified atom stereocenters. The van der Waals surface area contributed by atoms with Gasteiger partial charge in [-0.05, 0) is 67.3 Å². The zero-order chi connectivity index (χ0) is 22.6. The van der Waals surface area contributed by atoms with Crippen molar-refractivity contribution in [3.63, 3.8) is 0 Å². The molecule has 0 aliphatic carbocycles. The van der Waals surface area contributed by atoms with Crippen molar-refractivity contribution in [3.8, 4) is 11.5 Å². The van der Waals surface area contributed by atoms with E-state index >= 15 is 0 Å². The van der Waals surface area contributed by atoms with E-state index in [1.165, 1.54) is 18.2 Å². The highest BCUT2D eigenvalue weighted by Gasteiger charge is 2.09. The van der Waals surface area contributed by atoms with E-state index in [1.54, 1.807) is 32.4 Å². The summed E-state index contributed by atoms with van der Waals surface area (Å²) in [5, 5.41) is 16.9. The van der Waals surface area contributed by atoms with Gasteiger partial charge in [-0.15, -0.1) is 0 Å². The number of rotatable bonds is 12. The lowest BCUT2D eigenvalue weighted by atomic mass is 10.1. The molecule has 0 spiro atoms. The third-order valence-electron chi connectivity index (χ3n) is 4.74. The van der Waals surface area contributed by atoms with Gasteiger partial charge in [-0.2, -0.15) is 0 Å². The summed E-state index contributed by atoms with van der Waals surface area (Å²) >= 11 is 0. The van der Waals surface area contributed by atoms with Crippen molar-refractivity contribution in [2.24, 2.45) is 0 Å². The number of nitro groups is 1. The summed E-state index contributed by atoms with van der Waals surface area (Å²) in [6, 6.07) is 11.9. The lowest BCUT2D eigenvalue weighted by Gasteiger charge is -2.18. The molecule has 8 nitrogen and oxygen atoms in total. The van der Waals surface area contributed by atoms with Crippen LogP contribution in [0.25, 0.3) is 6.08 Å². The quantitative estimate of drug-likeness (QED) is 0.176. The van der Waals surface area contributed by atoms with Crippen LogP contribution < -0.4 is 20.1 Å². The molecular weight excluding hydrogens is 398 g/mol. The van der Waals surface area contributed by atoms with Gasteiger partial charge in [0.2, 0.25) is 5.91 Å². The van der Waals surface area contributed by atoms with Gasteiger partial charge in [0.1, 0.15) is 0 Å². The van der Waals surface area contributed by atoms with Gasteiger partial charge in [0, 0.05) is 18.2 Å². The van der Waals surface area contributed by atoms with Crippen molar-refractivity contribution in [2.75, 3.05) is 20.8 Å². The molecule has 1 atom stereocenters. The number of amides is 1. The van der Waals surface area contributed by atoms with E-state index in [-0.39, 0.29) is 17.8 Å². The van der Waals surface area contributed by atoms with Crippen molar-refractivity contribution in [1.29, 1.82) is 0 Å². The lowest BCUT2D eigenvalue weighted by molar-refractivity contribution is -0.384. The maximum absolute atomic E-state index is 12.2.